The molecule has 3 heterocycles. The molecule has 8 nitrogen and oxygen atoms in total. The normalized spacial score (nSPS) is 14.5. The van der Waals surface area contributed by atoms with Crippen molar-refractivity contribution >= 4 is 32.7 Å². The van der Waals surface area contributed by atoms with E-state index in [0.29, 0.717) is 24.8 Å². The number of fused-ring (bicyclic) bond motifs is 1. The Bertz CT molecular complexity index is 1350. The number of hydrogen-bond donors (Lipinski definition) is 1. The Labute approximate surface area is 227 Å². The van der Waals surface area contributed by atoms with Crippen molar-refractivity contribution in [3.63, 3.8) is 0 Å². The van der Waals surface area contributed by atoms with Crippen molar-refractivity contribution in [3.05, 3.63) is 66.0 Å². The second-order valence-corrected chi connectivity index (χ2v) is 10.3. The first-order valence-corrected chi connectivity index (χ1v) is 13.9. The molecule has 0 atom stereocenters. The zero-order chi connectivity index (χ0) is 26.5. The van der Waals surface area contributed by atoms with Crippen molar-refractivity contribution in [1.29, 1.82) is 0 Å². The minimum Gasteiger partial charge on any atom is -0.492 e. The summed E-state index contributed by atoms with van der Waals surface area (Å²) in [6.45, 7) is 8.02. The molecule has 9 heteroatoms. The molecule has 1 aliphatic heterocycles. The van der Waals surface area contributed by atoms with E-state index >= 15 is 0 Å². The molecule has 0 amide bonds. The minimum atomic E-state index is -0.345. The maximum Gasteiger partial charge on any atom is 0.337 e. The number of carbonyl (C=O) groups excluding carboxylic acids is 1. The Morgan fingerprint density at radius 2 is 1.74 bits per heavy atom. The summed E-state index contributed by atoms with van der Waals surface area (Å²) in [5.74, 6) is 1.34. The summed E-state index contributed by atoms with van der Waals surface area (Å²) in [5.41, 5.74) is 3.47. The summed E-state index contributed by atoms with van der Waals surface area (Å²) >= 11 is 1.62. The van der Waals surface area contributed by atoms with Gasteiger partial charge in [-0.3, -0.25) is 4.90 Å². The molecule has 38 heavy (non-hydrogen) atoms. The zero-order valence-electron chi connectivity index (χ0n) is 22.1. The number of nitrogens with one attached hydrogen (secondary N) is 1. The second kappa shape index (κ2) is 11.9. The number of anilines is 1. The summed E-state index contributed by atoms with van der Waals surface area (Å²) in [5, 5.41) is 4.51. The number of benzene rings is 2. The molecule has 5 rings (SSSR count). The molecule has 2 aromatic carbocycles. The molecule has 4 aromatic rings. The van der Waals surface area contributed by atoms with Gasteiger partial charge in [-0.05, 0) is 74.7 Å². The number of aromatic nitrogens is 2. The van der Waals surface area contributed by atoms with Crippen LogP contribution in [0.15, 0.2) is 54.9 Å². The molecule has 200 valence electrons. The van der Waals surface area contributed by atoms with Gasteiger partial charge in [0.25, 0.3) is 0 Å². The van der Waals surface area contributed by atoms with Crippen LogP contribution in [-0.4, -0.2) is 59.9 Å². The topological polar surface area (TPSA) is 77.8 Å². The summed E-state index contributed by atoms with van der Waals surface area (Å²) < 4.78 is 20.0. The van der Waals surface area contributed by atoms with Gasteiger partial charge in [-0.15, -0.1) is 0 Å². The van der Waals surface area contributed by atoms with Gasteiger partial charge in [-0.1, -0.05) is 11.3 Å². The van der Waals surface area contributed by atoms with Crippen molar-refractivity contribution < 1.29 is 19.0 Å². The van der Waals surface area contributed by atoms with Crippen LogP contribution in [0.4, 0.5) is 5.13 Å². The van der Waals surface area contributed by atoms with Crippen molar-refractivity contribution in [1.82, 2.24) is 14.5 Å². The largest absolute Gasteiger partial charge is 0.492 e. The number of piperidine rings is 1. The fraction of sp³-hybridized carbons (Fsp3) is 0.379. The smallest absolute Gasteiger partial charge is 0.337 e. The maximum atomic E-state index is 11.8. The van der Waals surface area contributed by atoms with Crippen LogP contribution in [0.3, 0.4) is 0 Å². The van der Waals surface area contributed by atoms with E-state index in [1.54, 1.807) is 23.5 Å². The summed E-state index contributed by atoms with van der Waals surface area (Å²) in [6, 6.07) is 14.2. The van der Waals surface area contributed by atoms with E-state index < -0.39 is 0 Å². The first-order valence-electron chi connectivity index (χ1n) is 13.1. The number of hydrogen-bond acceptors (Lipinski definition) is 8. The molecule has 1 saturated heterocycles. The van der Waals surface area contributed by atoms with Gasteiger partial charge in [-0.2, -0.15) is 0 Å². The lowest BCUT2D eigenvalue weighted by Gasteiger charge is -2.32. The van der Waals surface area contributed by atoms with Gasteiger partial charge in [0.05, 0.1) is 36.1 Å². The van der Waals surface area contributed by atoms with E-state index in [9.17, 15) is 4.79 Å². The van der Waals surface area contributed by atoms with Gasteiger partial charge in [0, 0.05) is 38.1 Å². The number of methoxy groups -OCH3 is 1. The Balaban J connectivity index is 1.24. The molecule has 0 unspecified atom stereocenters. The van der Waals surface area contributed by atoms with Gasteiger partial charge in [0.2, 0.25) is 0 Å². The van der Waals surface area contributed by atoms with Crippen LogP contribution in [0.5, 0.6) is 11.5 Å². The quantitative estimate of drug-likeness (QED) is 0.260. The number of esters is 1. The van der Waals surface area contributed by atoms with E-state index in [0.717, 1.165) is 65.0 Å². The van der Waals surface area contributed by atoms with Crippen LogP contribution in [0.25, 0.3) is 15.9 Å². The lowest BCUT2D eigenvalue weighted by Crippen LogP contribution is -2.38. The van der Waals surface area contributed by atoms with Crippen molar-refractivity contribution in [3.8, 4) is 17.2 Å². The summed E-state index contributed by atoms with van der Waals surface area (Å²) in [6.07, 6.45) is 6.09. The predicted molar refractivity (Wildman–Crippen MR) is 151 cm³/mol. The van der Waals surface area contributed by atoms with Crippen molar-refractivity contribution in [2.45, 2.75) is 39.3 Å². The van der Waals surface area contributed by atoms with Gasteiger partial charge in [0.1, 0.15) is 17.2 Å². The molecular formula is C29H34N4O4S. The standard InChI is InChI=1S/C29H34N4O4S/c1-4-36-24-16-20(17-25(37-5-2)27(24)33-12-6-7-13-33)19-32-14-10-22(11-15-32)30-29-31-23-18-21(28(34)35-3)8-9-26(23)38-29/h6-9,12-13,16-18,22H,4-5,10-11,14-15,19H2,1-3H3,(H,30,31). The second-order valence-electron chi connectivity index (χ2n) is 9.28. The number of nitrogens with zero attached hydrogens (tertiary/aromatic N) is 3. The van der Waals surface area contributed by atoms with Crippen molar-refractivity contribution in [2.24, 2.45) is 0 Å². The van der Waals surface area contributed by atoms with Crippen LogP contribution in [0.1, 0.15) is 42.6 Å². The molecule has 0 bridgehead atoms. The van der Waals surface area contributed by atoms with Crippen LogP contribution in [-0.2, 0) is 11.3 Å². The highest BCUT2D eigenvalue weighted by atomic mass is 32.1. The van der Waals surface area contributed by atoms with Gasteiger partial charge in [0.15, 0.2) is 5.13 Å². The summed E-state index contributed by atoms with van der Waals surface area (Å²) in [4.78, 5) is 19.0. The highest BCUT2D eigenvalue weighted by molar-refractivity contribution is 7.22. The summed E-state index contributed by atoms with van der Waals surface area (Å²) in [7, 11) is 1.39. The lowest BCUT2D eigenvalue weighted by molar-refractivity contribution is 0.0601. The number of rotatable bonds is 10. The molecule has 0 radical (unpaired) electrons. The minimum absolute atomic E-state index is 0.345. The average Bonchev–Trinajstić information content (AvgIpc) is 3.59. The molecular weight excluding hydrogens is 500 g/mol. The zero-order valence-corrected chi connectivity index (χ0v) is 22.9. The van der Waals surface area contributed by atoms with Crippen LogP contribution in [0.2, 0.25) is 0 Å². The molecule has 0 spiro atoms. The van der Waals surface area contributed by atoms with E-state index in [1.807, 2.05) is 44.4 Å². The fourth-order valence-electron chi connectivity index (χ4n) is 4.90. The predicted octanol–water partition coefficient (Wildman–Crippen LogP) is 5.75. The third kappa shape index (κ3) is 5.79. The van der Waals surface area contributed by atoms with Crippen LogP contribution >= 0.6 is 11.3 Å². The van der Waals surface area contributed by atoms with Crippen LogP contribution in [0, 0.1) is 0 Å². The van der Waals surface area contributed by atoms with E-state index in [1.165, 1.54) is 12.7 Å². The van der Waals surface area contributed by atoms with Crippen LogP contribution < -0.4 is 14.8 Å². The molecule has 1 N–H and O–H groups in total. The highest BCUT2D eigenvalue weighted by Crippen LogP contribution is 2.36. The number of carbonyl (C=O) groups is 1. The SMILES string of the molecule is CCOc1cc(CN2CCC(Nc3nc4cc(C(=O)OC)ccc4s3)CC2)cc(OCC)c1-n1cccc1. The first kappa shape index (κ1) is 26.1. The number of ether oxygens (including phenoxy) is 3. The number of likely N-dealkylation sites (tertiary alicyclic amines) is 1. The van der Waals surface area contributed by atoms with Gasteiger partial charge < -0.3 is 24.1 Å². The third-order valence-electron chi connectivity index (χ3n) is 6.69. The Morgan fingerprint density at radius 1 is 1.05 bits per heavy atom. The maximum absolute atomic E-state index is 11.8. The first-order chi connectivity index (χ1) is 18.6. The lowest BCUT2D eigenvalue weighted by atomic mass is 10.0. The molecule has 0 aliphatic carbocycles. The monoisotopic (exact) mass is 534 g/mol. The number of thiazole rings is 1. The third-order valence-corrected chi connectivity index (χ3v) is 7.66. The fourth-order valence-corrected chi connectivity index (χ4v) is 5.82. The Kier molecular flexibility index (Phi) is 8.14. The molecule has 1 fully saturated rings. The molecule has 2 aromatic heterocycles. The van der Waals surface area contributed by atoms with Crippen molar-refractivity contribution in [2.75, 3.05) is 38.7 Å². The van der Waals surface area contributed by atoms with E-state index in [4.69, 9.17) is 19.2 Å². The average molecular weight is 535 g/mol. The Hall–Kier alpha value is -3.56. The highest BCUT2D eigenvalue weighted by Gasteiger charge is 2.22. The van der Waals surface area contributed by atoms with Gasteiger partial charge >= 0.3 is 5.97 Å². The molecule has 1 aliphatic rings. The van der Waals surface area contributed by atoms with E-state index in [2.05, 4.69) is 26.9 Å². The van der Waals surface area contributed by atoms with E-state index in [-0.39, 0.29) is 5.97 Å². The molecule has 0 saturated carbocycles. The Morgan fingerprint density at radius 3 is 2.37 bits per heavy atom. The van der Waals surface area contributed by atoms with Gasteiger partial charge in [-0.25, -0.2) is 9.78 Å².